The molecule has 0 N–H and O–H groups in total. The van der Waals surface area contributed by atoms with Gasteiger partial charge >= 0.3 is 89.6 Å². The van der Waals surface area contributed by atoms with Gasteiger partial charge in [-0.05, 0) is 0 Å². The van der Waals surface area contributed by atoms with E-state index in [2.05, 4.69) is 6.92 Å². The van der Waals surface area contributed by atoms with Crippen molar-refractivity contribution in [3.8, 4) is 0 Å². The number of carbonyl (C=O) groups excluding carboxylic acids is 1. The first kappa shape index (κ1) is 6.43. The predicted molar refractivity (Wildman–Crippen MR) is 57.5 cm³/mol. The molecular weight excluding hydrogens is 256 g/mol. The van der Waals surface area contributed by atoms with E-state index in [0.29, 0.717) is 4.50 Å². The molecule has 0 amide bonds. The van der Waals surface area contributed by atoms with Crippen LogP contribution in [0.3, 0.4) is 0 Å². The zero-order valence-corrected chi connectivity index (χ0v) is 11.1. The SMILES string of the molecule is CC[C]12[CH]3[CH]4[CH]5[C]1(OC(C)=O)[Fe]43521678[CH]2[CH]1[CH]6[CH]7[CH]28. The first-order valence-electron chi connectivity index (χ1n) is 7.32. The van der Waals surface area contributed by atoms with E-state index in [1.54, 1.807) is 6.92 Å². The topological polar surface area (TPSA) is 26.3 Å². The van der Waals surface area contributed by atoms with Gasteiger partial charge in [-0.15, -0.1) is 0 Å². The van der Waals surface area contributed by atoms with Crippen molar-refractivity contribution >= 4 is 5.97 Å². The third-order valence-electron chi connectivity index (χ3n) is 15.8. The molecule has 0 aromatic rings. The van der Waals surface area contributed by atoms with Gasteiger partial charge < -0.3 is 0 Å². The predicted octanol–water partition coefficient (Wildman–Crippen LogP) is 3.63. The molecule has 10 saturated heterocycles. The summed E-state index contributed by atoms with van der Waals surface area (Å²) in [5.41, 5.74) is 0. The summed E-state index contributed by atoms with van der Waals surface area (Å²) in [5.74, 6) is 0.0610. The normalized spacial score (nSPS) is 123. The summed E-state index contributed by atoms with van der Waals surface area (Å²) in [7, 11) is 0. The third-order valence-corrected chi connectivity index (χ3v) is 58.9. The van der Waals surface area contributed by atoms with Crippen molar-refractivity contribution in [3.63, 3.8) is 0 Å². The zero-order chi connectivity index (χ0) is 10.9. The molecule has 0 saturated carbocycles. The summed E-state index contributed by atoms with van der Waals surface area (Å²) in [6.07, 6.45) is 1.39. The summed E-state index contributed by atoms with van der Waals surface area (Å²) in [4.78, 5) is 21.5. The van der Waals surface area contributed by atoms with Crippen molar-refractivity contribution in [1.29, 1.82) is 0 Å². The molecule has 10 rings (SSSR count). The zero-order valence-electron chi connectivity index (χ0n) is 10.00. The van der Waals surface area contributed by atoms with Crippen LogP contribution >= 0.6 is 0 Å². The molecule has 0 aliphatic carbocycles. The van der Waals surface area contributed by atoms with Gasteiger partial charge in [-0.2, -0.15) is 0 Å². The Bertz CT molecular complexity index is 997. The molecule has 5 unspecified atom stereocenters. The van der Waals surface area contributed by atoms with Crippen molar-refractivity contribution < 1.29 is 16.0 Å². The molecule has 0 aromatic heterocycles. The van der Waals surface area contributed by atoms with Crippen LogP contribution in [0.5, 0.6) is 0 Å². The standard InChI is InChI=1S/C9H11O2.C5H5.Fe/c1-3-8-5-4-6-9(8)11-7(2)10;1-2-4-5-3-1;/h4-6H,3H2,1-2H3;1-5H;. The Morgan fingerprint density at radius 2 is 1.71 bits per heavy atom. The Kier molecular flexibility index (Phi) is 0.184. The minimum atomic E-state index is -3.26. The fourth-order valence-electron chi connectivity index (χ4n) is 18.3. The molecule has 10 aliphatic rings. The van der Waals surface area contributed by atoms with Crippen molar-refractivity contribution in [2.45, 2.75) is 67.6 Å². The molecule has 5 atom stereocenters. The van der Waals surface area contributed by atoms with Crippen LogP contribution in [0.25, 0.3) is 0 Å². The Labute approximate surface area is 89.7 Å². The van der Waals surface area contributed by atoms with Crippen molar-refractivity contribution in [1.82, 2.24) is 0 Å². The maximum atomic E-state index is 11.7. The Morgan fingerprint density at radius 1 is 1.12 bits per heavy atom. The van der Waals surface area contributed by atoms with Crippen LogP contribution in [0.4, 0.5) is 0 Å². The third kappa shape index (κ3) is 0.0567. The number of carbonyl (C=O) groups is 1. The quantitative estimate of drug-likeness (QED) is 0.566. The molecule has 0 bridgehead atoms. The summed E-state index contributed by atoms with van der Waals surface area (Å²) in [6.45, 7) is 0.855. The van der Waals surface area contributed by atoms with E-state index in [1.807, 2.05) is 0 Å². The van der Waals surface area contributed by atoms with E-state index in [4.69, 9.17) is 4.74 Å². The van der Waals surface area contributed by atoms with Crippen molar-refractivity contribution in [3.05, 3.63) is 0 Å². The van der Waals surface area contributed by atoms with Gasteiger partial charge in [0.1, 0.15) is 0 Å². The second kappa shape index (κ2) is 0.486. The van der Waals surface area contributed by atoms with Gasteiger partial charge in [0.15, 0.2) is 0 Å². The number of hydrogen-bond acceptors (Lipinski definition) is 2. The van der Waals surface area contributed by atoms with Crippen LogP contribution < -0.4 is 0 Å². The molecule has 92 valence electrons. The van der Waals surface area contributed by atoms with Crippen LogP contribution in [0.1, 0.15) is 20.3 Å². The maximum absolute atomic E-state index is 11.7. The average molecular weight is 272 g/mol. The molecule has 17 heavy (non-hydrogen) atoms. The van der Waals surface area contributed by atoms with Gasteiger partial charge in [0.25, 0.3) is 0 Å². The Morgan fingerprint density at radius 3 is 2.00 bits per heavy atom. The summed E-state index contributed by atoms with van der Waals surface area (Å²) in [6, 6.07) is 0. The van der Waals surface area contributed by atoms with E-state index >= 15 is 0 Å². The molecule has 2 nitrogen and oxygen atoms in total. The van der Waals surface area contributed by atoms with Gasteiger partial charge in [-0.1, -0.05) is 0 Å². The number of esters is 1. The fraction of sp³-hybridized carbons (Fsp3) is 0.929. The fourth-order valence-corrected chi connectivity index (χ4v) is 94.2. The van der Waals surface area contributed by atoms with Gasteiger partial charge in [0, 0.05) is 0 Å². The molecule has 0 aromatic carbocycles. The molecule has 10 fully saturated rings. The van der Waals surface area contributed by atoms with Crippen LogP contribution in [-0.4, -0.2) is 10.5 Å². The summed E-state index contributed by atoms with van der Waals surface area (Å²) >= 11 is 0. The van der Waals surface area contributed by atoms with Crippen molar-refractivity contribution in [2.75, 3.05) is 0 Å². The second-order valence-corrected chi connectivity index (χ2v) is 34.1. The average Bonchev–Trinajstić information content (AvgIpc) is 3.23. The van der Waals surface area contributed by atoms with Crippen LogP contribution in [0.2, 0.25) is 42.8 Å². The number of hydrogen-bond donors (Lipinski definition) is 0. The molecule has 3 heteroatoms. The number of fused-ring (bicyclic) bond motifs is 10. The molecule has 0 radical (unpaired) electrons. The van der Waals surface area contributed by atoms with E-state index in [1.165, 1.54) is 40.1 Å². The summed E-state index contributed by atoms with van der Waals surface area (Å²) in [5, 5.41) is 0. The number of rotatable bonds is 2. The van der Waals surface area contributed by atoms with Gasteiger partial charge in [-0.25, -0.2) is 0 Å². The van der Waals surface area contributed by atoms with E-state index in [9.17, 15) is 4.79 Å². The van der Waals surface area contributed by atoms with Gasteiger partial charge in [0.2, 0.25) is 0 Å². The minimum absolute atomic E-state index is 0.0610. The first-order valence-corrected chi connectivity index (χ1v) is 13.5. The van der Waals surface area contributed by atoms with Crippen LogP contribution in [-0.2, 0) is 16.0 Å². The van der Waals surface area contributed by atoms with Crippen LogP contribution in [0, 0.1) is 0 Å². The molecular formula is C14H16FeO2. The molecule has 10 heterocycles. The van der Waals surface area contributed by atoms with E-state index in [-0.39, 0.29) is 5.97 Å². The van der Waals surface area contributed by atoms with E-state index in [0.717, 1.165) is 9.13 Å². The number of ether oxygens (including phenoxy) is 1. The van der Waals surface area contributed by atoms with Gasteiger partial charge in [-0.3, -0.25) is 0 Å². The second-order valence-electron chi connectivity index (χ2n) is 10.8. The Balaban J connectivity index is 1.67. The monoisotopic (exact) mass is 272 g/mol. The Hall–Kier alpha value is -0.0105. The van der Waals surface area contributed by atoms with Crippen molar-refractivity contribution in [2.24, 2.45) is 0 Å². The first-order chi connectivity index (χ1) is 7.91. The van der Waals surface area contributed by atoms with E-state index < -0.39 is 6.51 Å². The van der Waals surface area contributed by atoms with Gasteiger partial charge in [0.05, 0.1) is 0 Å². The summed E-state index contributed by atoms with van der Waals surface area (Å²) < 4.78 is 7.31. The van der Waals surface area contributed by atoms with Crippen LogP contribution in [0.15, 0.2) is 0 Å². The molecule has 1 spiro atoms. The molecule has 10 aliphatic heterocycles.